The summed E-state index contributed by atoms with van der Waals surface area (Å²) in [6, 6.07) is 0. The number of aliphatic hydroxyl groups excluding tert-OH is 1. The molecule has 0 unspecified atom stereocenters. The Balaban J connectivity index is 1.89. The average molecular weight is 373 g/mol. The molecule has 0 spiro atoms. The Morgan fingerprint density at radius 1 is 1.24 bits per heavy atom. The maximum absolute atomic E-state index is 12.3. The normalized spacial score (nSPS) is 12.0. The summed E-state index contributed by atoms with van der Waals surface area (Å²) >= 11 is 0. The largest absolute Gasteiger partial charge is 0.411 e. The topological polar surface area (TPSA) is 135 Å². The molecule has 0 saturated carbocycles. The average Bonchev–Trinajstić information content (AvgIpc) is 2.98. The van der Waals surface area contributed by atoms with Gasteiger partial charge < -0.3 is 24.7 Å². The van der Waals surface area contributed by atoms with E-state index in [9.17, 15) is 4.57 Å². The van der Waals surface area contributed by atoms with E-state index < -0.39 is 7.60 Å². The van der Waals surface area contributed by atoms with Crippen LogP contribution >= 0.6 is 7.60 Å². The Morgan fingerprint density at radius 3 is 2.60 bits per heavy atom. The van der Waals surface area contributed by atoms with Crippen LogP contribution in [0.15, 0.2) is 6.33 Å². The summed E-state index contributed by atoms with van der Waals surface area (Å²) in [6.45, 7) is 4.31. The third kappa shape index (κ3) is 5.12. The van der Waals surface area contributed by atoms with Gasteiger partial charge in [-0.25, -0.2) is 15.0 Å². The van der Waals surface area contributed by atoms with Gasteiger partial charge in [-0.05, 0) is 26.7 Å². The molecule has 140 valence electrons. The van der Waals surface area contributed by atoms with Crippen LogP contribution < -0.4 is 10.6 Å². The molecule has 0 saturated heterocycles. The smallest absolute Gasteiger partial charge is 0.330 e. The summed E-state index contributed by atoms with van der Waals surface area (Å²) in [6.07, 6.45) is 3.06. The fourth-order valence-corrected chi connectivity index (χ4v) is 3.97. The molecule has 2 heterocycles. The Bertz CT molecular complexity index is 728. The Kier molecular flexibility index (Phi) is 7.12. The quantitative estimate of drug-likeness (QED) is 0.442. The number of rotatable bonds is 11. The number of hydrogen-bond acceptors (Lipinski definition) is 9. The van der Waals surface area contributed by atoms with Crippen molar-refractivity contribution < 1.29 is 23.6 Å². The van der Waals surface area contributed by atoms with Crippen molar-refractivity contribution in [2.45, 2.75) is 33.3 Å². The van der Waals surface area contributed by atoms with Crippen molar-refractivity contribution in [3.8, 4) is 0 Å². The van der Waals surface area contributed by atoms with E-state index in [0.717, 1.165) is 0 Å². The summed E-state index contributed by atoms with van der Waals surface area (Å²) in [5.74, 6) is 0.385. The fraction of sp³-hybridized carbons (Fsp3) is 0.643. The van der Waals surface area contributed by atoms with Crippen LogP contribution in [0.4, 0.5) is 5.82 Å². The number of nitrogens with two attached hydrogens (primary N) is 1. The van der Waals surface area contributed by atoms with Gasteiger partial charge in [0.15, 0.2) is 17.2 Å². The van der Waals surface area contributed by atoms with Gasteiger partial charge in [-0.2, -0.15) is 4.73 Å². The highest BCUT2D eigenvalue weighted by molar-refractivity contribution is 7.53. The minimum absolute atomic E-state index is 0.186. The zero-order chi connectivity index (χ0) is 18.3. The molecule has 0 atom stereocenters. The number of unbranched alkanes of at least 4 members (excludes halogenated alkanes) is 1. The van der Waals surface area contributed by atoms with Crippen molar-refractivity contribution in [2.75, 3.05) is 31.7 Å². The standard InChI is InChI=1S/C14H24N5O5P/c1-3-23-25(21,24-4-2)8-6-5-7-22-19-10-16-12-13(15)17-11(9-20)18-14(12)19/h10,20H,3-9H2,1-2H3,(H2,15,17,18). The van der Waals surface area contributed by atoms with E-state index >= 15 is 0 Å². The first kappa shape index (κ1) is 19.6. The molecule has 2 aromatic rings. The van der Waals surface area contributed by atoms with E-state index in [1.165, 1.54) is 11.1 Å². The highest BCUT2D eigenvalue weighted by Gasteiger charge is 2.22. The van der Waals surface area contributed by atoms with Crippen LogP contribution in [0.2, 0.25) is 0 Å². The lowest BCUT2D eigenvalue weighted by molar-refractivity contribution is 0.114. The molecule has 10 nitrogen and oxygen atoms in total. The molecule has 0 aromatic carbocycles. The van der Waals surface area contributed by atoms with Gasteiger partial charge in [0.2, 0.25) is 5.65 Å². The van der Waals surface area contributed by atoms with E-state index in [-0.39, 0.29) is 18.2 Å². The van der Waals surface area contributed by atoms with Crippen molar-refractivity contribution in [3.63, 3.8) is 0 Å². The molecule has 0 radical (unpaired) electrons. The highest BCUT2D eigenvalue weighted by Crippen LogP contribution is 2.48. The van der Waals surface area contributed by atoms with Gasteiger partial charge in [0.05, 0.1) is 19.4 Å². The zero-order valence-corrected chi connectivity index (χ0v) is 15.3. The number of nitrogens with zero attached hydrogens (tertiary/aromatic N) is 4. The summed E-state index contributed by atoms with van der Waals surface area (Å²) in [4.78, 5) is 17.8. The third-order valence-corrected chi connectivity index (χ3v) is 5.46. The molecule has 0 aliphatic heterocycles. The number of imidazole rings is 1. The third-order valence-electron chi connectivity index (χ3n) is 3.29. The van der Waals surface area contributed by atoms with Crippen molar-refractivity contribution in [3.05, 3.63) is 12.2 Å². The zero-order valence-electron chi connectivity index (χ0n) is 14.4. The monoisotopic (exact) mass is 373 g/mol. The lowest BCUT2D eigenvalue weighted by atomic mass is 10.4. The predicted octanol–water partition coefficient (Wildman–Crippen LogP) is 1.38. The molecular weight excluding hydrogens is 349 g/mol. The van der Waals surface area contributed by atoms with Gasteiger partial charge in [-0.3, -0.25) is 4.57 Å². The summed E-state index contributed by atoms with van der Waals surface area (Å²) in [5.41, 5.74) is 6.58. The molecule has 0 amide bonds. The number of nitrogen functional groups attached to an aromatic ring is 1. The molecule has 3 N–H and O–H groups in total. The molecule has 11 heteroatoms. The first-order valence-electron chi connectivity index (χ1n) is 8.14. The van der Waals surface area contributed by atoms with Crippen molar-refractivity contribution in [2.24, 2.45) is 0 Å². The van der Waals surface area contributed by atoms with Crippen LogP contribution in [0.25, 0.3) is 11.2 Å². The van der Waals surface area contributed by atoms with Crippen LogP contribution in [0.3, 0.4) is 0 Å². The summed E-state index contributed by atoms with van der Waals surface area (Å²) in [5, 5.41) is 9.16. The van der Waals surface area contributed by atoms with Crippen molar-refractivity contribution in [1.29, 1.82) is 0 Å². The number of hydrogen-bond donors (Lipinski definition) is 2. The number of aromatic nitrogens is 4. The van der Waals surface area contributed by atoms with Crippen LogP contribution in [0.1, 0.15) is 32.5 Å². The number of aliphatic hydroxyl groups is 1. The van der Waals surface area contributed by atoms with Crippen molar-refractivity contribution >= 4 is 24.6 Å². The summed E-state index contributed by atoms with van der Waals surface area (Å²) < 4.78 is 24.2. The highest BCUT2D eigenvalue weighted by atomic mass is 31.2. The van der Waals surface area contributed by atoms with Gasteiger partial charge in [0.25, 0.3) is 0 Å². The van der Waals surface area contributed by atoms with E-state index in [2.05, 4.69) is 15.0 Å². The first-order valence-corrected chi connectivity index (χ1v) is 9.87. The van der Waals surface area contributed by atoms with E-state index in [4.69, 9.17) is 24.7 Å². The molecule has 0 fully saturated rings. The molecule has 25 heavy (non-hydrogen) atoms. The van der Waals surface area contributed by atoms with E-state index in [1.807, 2.05) is 0 Å². The SMILES string of the molecule is CCOP(=O)(CCCCOn1cnc2c(N)nc(CO)nc21)OCC. The first-order chi connectivity index (χ1) is 12.0. The van der Waals surface area contributed by atoms with E-state index in [1.54, 1.807) is 13.8 Å². The van der Waals surface area contributed by atoms with Gasteiger partial charge in [-0.15, -0.1) is 0 Å². The minimum Gasteiger partial charge on any atom is -0.411 e. The van der Waals surface area contributed by atoms with Crippen LogP contribution in [0, 0.1) is 0 Å². The minimum atomic E-state index is -3.02. The molecular formula is C14H24N5O5P. The maximum atomic E-state index is 12.3. The lowest BCUT2D eigenvalue weighted by Crippen LogP contribution is -2.14. The Labute approximate surface area is 145 Å². The van der Waals surface area contributed by atoms with Gasteiger partial charge in [0, 0.05) is 0 Å². The van der Waals surface area contributed by atoms with Gasteiger partial charge in [-0.1, -0.05) is 0 Å². The Morgan fingerprint density at radius 2 is 1.96 bits per heavy atom. The van der Waals surface area contributed by atoms with Crippen LogP contribution in [-0.2, 0) is 20.2 Å². The van der Waals surface area contributed by atoms with Crippen LogP contribution in [0.5, 0.6) is 0 Å². The molecule has 2 rings (SSSR count). The van der Waals surface area contributed by atoms with Crippen LogP contribution in [-0.4, -0.2) is 50.8 Å². The van der Waals surface area contributed by atoms with Gasteiger partial charge >= 0.3 is 7.60 Å². The second-order valence-electron chi connectivity index (χ2n) is 5.14. The number of anilines is 1. The second-order valence-corrected chi connectivity index (χ2v) is 7.32. The van der Waals surface area contributed by atoms with Crippen molar-refractivity contribution in [1.82, 2.24) is 19.7 Å². The maximum Gasteiger partial charge on any atom is 0.330 e. The number of fused-ring (bicyclic) bond motifs is 1. The predicted molar refractivity (Wildman–Crippen MR) is 92.1 cm³/mol. The fourth-order valence-electron chi connectivity index (χ4n) is 2.24. The lowest BCUT2D eigenvalue weighted by Gasteiger charge is -2.16. The molecule has 0 aliphatic carbocycles. The summed E-state index contributed by atoms with van der Waals surface area (Å²) in [7, 11) is -3.02. The molecule has 0 bridgehead atoms. The van der Waals surface area contributed by atoms with Gasteiger partial charge in [0.1, 0.15) is 19.5 Å². The molecule has 2 aromatic heterocycles. The Hall–Kier alpha value is -1.74. The second kappa shape index (κ2) is 9.10. The van der Waals surface area contributed by atoms with E-state index in [0.29, 0.717) is 50.0 Å². The molecule has 0 aliphatic rings.